The van der Waals surface area contributed by atoms with Crippen LogP contribution in [0.3, 0.4) is 0 Å². The molecule has 0 unspecified atom stereocenters. The van der Waals surface area contributed by atoms with Crippen molar-refractivity contribution >= 4 is 0 Å². The van der Waals surface area contributed by atoms with Crippen molar-refractivity contribution in [2.24, 2.45) is 5.92 Å². The van der Waals surface area contributed by atoms with Gasteiger partial charge in [-0.15, -0.1) is 0 Å². The lowest BCUT2D eigenvalue weighted by Crippen LogP contribution is -2.06. The molecule has 1 aromatic heterocycles. The molecule has 1 rings (SSSR count). The van der Waals surface area contributed by atoms with Gasteiger partial charge >= 0.3 is 0 Å². The summed E-state index contributed by atoms with van der Waals surface area (Å²) >= 11 is 0. The van der Waals surface area contributed by atoms with E-state index >= 15 is 0 Å². The maximum atomic E-state index is 4.30. The standard InChI is InChI=1S/C9H16N2.C4H10.C2H6/c1-7(2)9-10-5-6-11(9)8(3)4;1-4(2)3;1-2/h5-8H,1-4H3;4H,1-3H3;1-2H3. The van der Waals surface area contributed by atoms with Crippen LogP contribution in [-0.4, -0.2) is 9.55 Å². The quantitative estimate of drug-likeness (QED) is 0.688. The van der Waals surface area contributed by atoms with Gasteiger partial charge in [0.25, 0.3) is 0 Å². The molecule has 0 aliphatic heterocycles. The minimum atomic E-state index is 0.521. The van der Waals surface area contributed by atoms with Gasteiger partial charge in [-0.1, -0.05) is 48.5 Å². The molecule has 102 valence electrons. The molecule has 1 aromatic rings. The molecule has 0 fully saturated rings. The van der Waals surface area contributed by atoms with Crippen molar-refractivity contribution in [1.29, 1.82) is 0 Å². The lowest BCUT2D eigenvalue weighted by atomic mass is 10.2. The third-order valence-corrected chi connectivity index (χ3v) is 1.77. The van der Waals surface area contributed by atoms with Gasteiger partial charge in [0.2, 0.25) is 0 Å². The Balaban J connectivity index is 0. The lowest BCUT2D eigenvalue weighted by Gasteiger charge is -2.13. The van der Waals surface area contributed by atoms with Gasteiger partial charge in [0.15, 0.2) is 0 Å². The number of hydrogen-bond acceptors (Lipinski definition) is 1. The second-order valence-corrected chi connectivity index (χ2v) is 5.17. The van der Waals surface area contributed by atoms with Crippen LogP contribution in [0.15, 0.2) is 12.4 Å². The summed E-state index contributed by atoms with van der Waals surface area (Å²) in [6.07, 6.45) is 3.91. The summed E-state index contributed by atoms with van der Waals surface area (Å²) in [5.41, 5.74) is 0. The van der Waals surface area contributed by atoms with Crippen LogP contribution in [0.4, 0.5) is 0 Å². The van der Waals surface area contributed by atoms with E-state index in [-0.39, 0.29) is 0 Å². The normalized spacial score (nSPS) is 9.88. The van der Waals surface area contributed by atoms with E-state index in [0.29, 0.717) is 12.0 Å². The minimum absolute atomic E-state index is 0.521. The average molecular weight is 240 g/mol. The molecule has 0 N–H and O–H groups in total. The molecule has 0 amide bonds. The summed E-state index contributed by atoms with van der Waals surface area (Å²) in [5, 5.41) is 0. The summed E-state index contributed by atoms with van der Waals surface area (Å²) in [6, 6.07) is 0.523. The first-order chi connectivity index (χ1) is 7.86. The molecule has 17 heavy (non-hydrogen) atoms. The molecule has 0 aromatic carbocycles. The van der Waals surface area contributed by atoms with Crippen LogP contribution in [0.1, 0.15) is 80.1 Å². The van der Waals surface area contributed by atoms with Gasteiger partial charge in [0.05, 0.1) is 0 Å². The zero-order valence-electron chi connectivity index (χ0n) is 13.3. The summed E-state index contributed by atoms with van der Waals surface area (Å²) in [4.78, 5) is 4.30. The third kappa shape index (κ3) is 8.96. The van der Waals surface area contributed by atoms with Gasteiger partial charge in [-0.05, 0) is 19.8 Å². The van der Waals surface area contributed by atoms with Gasteiger partial charge < -0.3 is 4.57 Å². The van der Waals surface area contributed by atoms with Gasteiger partial charge in [-0.2, -0.15) is 0 Å². The molecule has 2 nitrogen and oxygen atoms in total. The molecular formula is C15H32N2. The average Bonchev–Trinajstić information content (AvgIpc) is 2.68. The molecule has 0 atom stereocenters. The highest BCUT2D eigenvalue weighted by Gasteiger charge is 2.08. The van der Waals surface area contributed by atoms with Crippen LogP contribution in [0.25, 0.3) is 0 Å². The Morgan fingerprint density at radius 1 is 0.941 bits per heavy atom. The van der Waals surface area contributed by atoms with Crippen LogP contribution in [0.5, 0.6) is 0 Å². The second-order valence-electron chi connectivity index (χ2n) is 5.17. The van der Waals surface area contributed by atoms with E-state index in [0.717, 1.165) is 5.92 Å². The largest absolute Gasteiger partial charge is 0.332 e. The molecular weight excluding hydrogens is 208 g/mol. The number of hydrogen-bond donors (Lipinski definition) is 0. The Morgan fingerprint density at radius 2 is 1.35 bits per heavy atom. The fourth-order valence-corrected chi connectivity index (χ4v) is 1.21. The van der Waals surface area contributed by atoms with Crippen LogP contribution >= 0.6 is 0 Å². The first-order valence-corrected chi connectivity index (χ1v) is 6.89. The highest BCUT2D eigenvalue weighted by molar-refractivity contribution is 4.98. The fourth-order valence-electron chi connectivity index (χ4n) is 1.21. The van der Waals surface area contributed by atoms with E-state index in [1.807, 2.05) is 26.2 Å². The van der Waals surface area contributed by atoms with Crippen molar-refractivity contribution in [3.8, 4) is 0 Å². The third-order valence-electron chi connectivity index (χ3n) is 1.77. The zero-order valence-corrected chi connectivity index (χ0v) is 13.3. The number of nitrogens with zero attached hydrogens (tertiary/aromatic N) is 2. The Morgan fingerprint density at radius 3 is 1.59 bits per heavy atom. The van der Waals surface area contributed by atoms with Gasteiger partial charge in [-0.3, -0.25) is 0 Å². The van der Waals surface area contributed by atoms with Crippen LogP contribution < -0.4 is 0 Å². The first-order valence-electron chi connectivity index (χ1n) is 6.89. The molecule has 1 heterocycles. The lowest BCUT2D eigenvalue weighted by molar-refractivity contribution is 0.550. The van der Waals surface area contributed by atoms with E-state index in [1.54, 1.807) is 0 Å². The SMILES string of the molecule is CC.CC(C)C.CC(C)c1nccn1C(C)C. The van der Waals surface area contributed by atoms with Crippen molar-refractivity contribution in [1.82, 2.24) is 9.55 Å². The van der Waals surface area contributed by atoms with E-state index in [1.165, 1.54) is 5.82 Å². The van der Waals surface area contributed by atoms with Crippen molar-refractivity contribution < 1.29 is 0 Å². The maximum absolute atomic E-state index is 4.30. The van der Waals surface area contributed by atoms with Gasteiger partial charge in [0.1, 0.15) is 5.82 Å². The minimum Gasteiger partial charge on any atom is -0.332 e. The predicted molar refractivity (Wildman–Crippen MR) is 78.6 cm³/mol. The van der Waals surface area contributed by atoms with E-state index in [4.69, 9.17) is 0 Å². The summed E-state index contributed by atoms with van der Waals surface area (Å²) in [5.74, 6) is 2.53. The van der Waals surface area contributed by atoms with Crippen molar-refractivity contribution in [3.63, 3.8) is 0 Å². The Labute approximate surface area is 108 Å². The summed E-state index contributed by atoms with van der Waals surface area (Å²) < 4.78 is 2.21. The number of rotatable bonds is 2. The van der Waals surface area contributed by atoms with E-state index < -0.39 is 0 Å². The first kappa shape index (κ1) is 18.6. The van der Waals surface area contributed by atoms with Gasteiger partial charge in [-0.25, -0.2) is 4.98 Å². The van der Waals surface area contributed by atoms with Crippen molar-refractivity contribution in [2.75, 3.05) is 0 Å². The summed E-state index contributed by atoms with van der Waals surface area (Å²) in [6.45, 7) is 19.2. The monoisotopic (exact) mass is 240 g/mol. The summed E-state index contributed by atoms with van der Waals surface area (Å²) in [7, 11) is 0. The molecule has 0 saturated heterocycles. The van der Waals surface area contributed by atoms with E-state index in [2.05, 4.69) is 58.0 Å². The molecule has 0 radical (unpaired) electrons. The number of aromatic nitrogens is 2. The maximum Gasteiger partial charge on any atom is 0.111 e. The Kier molecular flexibility index (Phi) is 11.3. The van der Waals surface area contributed by atoms with E-state index in [9.17, 15) is 0 Å². The van der Waals surface area contributed by atoms with Gasteiger partial charge in [0, 0.05) is 24.4 Å². The molecule has 0 aliphatic carbocycles. The smallest absolute Gasteiger partial charge is 0.111 e. The fraction of sp³-hybridized carbons (Fsp3) is 0.800. The molecule has 2 heteroatoms. The highest BCUT2D eigenvalue weighted by atomic mass is 15.1. The van der Waals surface area contributed by atoms with Crippen molar-refractivity contribution in [2.45, 2.75) is 74.3 Å². The van der Waals surface area contributed by atoms with Crippen molar-refractivity contribution in [3.05, 3.63) is 18.2 Å². The highest BCUT2D eigenvalue weighted by Crippen LogP contribution is 2.15. The second kappa shape index (κ2) is 10.4. The zero-order chi connectivity index (χ0) is 14.0. The number of imidazole rings is 1. The molecule has 0 aliphatic rings. The molecule has 0 bridgehead atoms. The van der Waals surface area contributed by atoms with Crippen LogP contribution in [-0.2, 0) is 0 Å². The molecule has 0 saturated carbocycles. The van der Waals surface area contributed by atoms with Crippen LogP contribution in [0.2, 0.25) is 0 Å². The van der Waals surface area contributed by atoms with Crippen LogP contribution in [0, 0.1) is 5.92 Å². The molecule has 0 spiro atoms. The predicted octanol–water partition coefficient (Wildman–Crippen LogP) is 5.28. The Bertz CT molecular complexity index is 234. The Hall–Kier alpha value is -0.790. The topological polar surface area (TPSA) is 17.8 Å².